The zero-order chi connectivity index (χ0) is 14.4. The second-order valence-electron chi connectivity index (χ2n) is 6.75. The zero-order valence-electron chi connectivity index (χ0n) is 12.7. The van der Waals surface area contributed by atoms with Gasteiger partial charge in [-0.25, -0.2) is 0 Å². The van der Waals surface area contributed by atoms with Crippen molar-refractivity contribution in [2.75, 3.05) is 6.79 Å². The molecule has 1 aromatic carbocycles. The van der Waals surface area contributed by atoms with Gasteiger partial charge in [0.25, 0.3) is 0 Å². The largest absolute Gasteiger partial charge is 0.454 e. The predicted molar refractivity (Wildman–Crippen MR) is 77.1 cm³/mol. The third-order valence-corrected chi connectivity index (χ3v) is 4.09. The minimum absolute atomic E-state index is 0.0700. The molecule has 0 saturated carbocycles. The monoisotopic (exact) mass is 277 g/mol. The molecule has 0 aliphatic carbocycles. The van der Waals surface area contributed by atoms with E-state index >= 15 is 0 Å². The first-order valence-corrected chi connectivity index (χ1v) is 7.18. The van der Waals surface area contributed by atoms with Gasteiger partial charge in [0, 0.05) is 18.2 Å². The van der Waals surface area contributed by atoms with Crippen LogP contribution < -0.4 is 14.8 Å². The van der Waals surface area contributed by atoms with E-state index < -0.39 is 0 Å². The summed E-state index contributed by atoms with van der Waals surface area (Å²) in [6, 6.07) is 6.35. The first kappa shape index (κ1) is 13.7. The number of ether oxygens (including phenoxy) is 3. The summed E-state index contributed by atoms with van der Waals surface area (Å²) in [6.07, 6.45) is 1.01. The lowest BCUT2D eigenvalue weighted by Gasteiger charge is -2.28. The molecule has 0 amide bonds. The Morgan fingerprint density at radius 1 is 1.20 bits per heavy atom. The van der Waals surface area contributed by atoms with Crippen molar-refractivity contribution in [1.82, 2.24) is 5.32 Å². The van der Waals surface area contributed by atoms with Crippen LogP contribution in [0.3, 0.4) is 0 Å². The van der Waals surface area contributed by atoms with Crippen LogP contribution in [0.15, 0.2) is 18.2 Å². The molecule has 2 heterocycles. The average Bonchev–Trinajstić information content (AvgIpc) is 2.88. The maximum absolute atomic E-state index is 6.11. The normalized spacial score (nSPS) is 25.9. The fourth-order valence-corrected chi connectivity index (χ4v) is 3.24. The molecule has 4 heteroatoms. The summed E-state index contributed by atoms with van der Waals surface area (Å²) in [5.74, 6) is 1.71. The topological polar surface area (TPSA) is 39.7 Å². The van der Waals surface area contributed by atoms with Gasteiger partial charge >= 0.3 is 0 Å². The van der Waals surface area contributed by atoms with E-state index in [1.54, 1.807) is 0 Å². The standard InChI is InChI=1S/C16H23NO3/c1-15(2)8-13(16(3,4)20-15)17-9-11-6-5-7-12-14(11)19-10-18-12/h5-7,13,17H,8-10H2,1-4H3. The second kappa shape index (κ2) is 4.64. The number of nitrogens with one attached hydrogen (secondary N) is 1. The molecule has 0 spiro atoms. The smallest absolute Gasteiger partial charge is 0.231 e. The molecule has 2 aliphatic rings. The first-order chi connectivity index (χ1) is 9.37. The number of para-hydroxylation sites is 1. The Morgan fingerprint density at radius 3 is 2.70 bits per heavy atom. The Morgan fingerprint density at radius 2 is 2.00 bits per heavy atom. The van der Waals surface area contributed by atoms with Gasteiger partial charge in [-0.3, -0.25) is 0 Å². The van der Waals surface area contributed by atoms with E-state index in [4.69, 9.17) is 14.2 Å². The van der Waals surface area contributed by atoms with Crippen LogP contribution in [-0.4, -0.2) is 24.0 Å². The van der Waals surface area contributed by atoms with E-state index in [0.717, 1.165) is 30.0 Å². The van der Waals surface area contributed by atoms with Crippen molar-refractivity contribution >= 4 is 0 Å². The molecule has 0 aromatic heterocycles. The van der Waals surface area contributed by atoms with Crippen LogP contribution in [0.25, 0.3) is 0 Å². The molecular formula is C16H23NO3. The highest BCUT2D eigenvalue weighted by atomic mass is 16.7. The molecule has 1 unspecified atom stereocenters. The molecule has 2 aliphatic heterocycles. The first-order valence-electron chi connectivity index (χ1n) is 7.18. The number of hydrogen-bond donors (Lipinski definition) is 1. The molecule has 0 radical (unpaired) electrons. The molecule has 1 aromatic rings. The summed E-state index contributed by atoms with van der Waals surface area (Å²) in [6.45, 7) is 9.67. The van der Waals surface area contributed by atoms with E-state index in [2.05, 4.69) is 39.1 Å². The fourth-order valence-electron chi connectivity index (χ4n) is 3.24. The predicted octanol–water partition coefficient (Wildman–Crippen LogP) is 2.85. The number of hydrogen-bond acceptors (Lipinski definition) is 4. The van der Waals surface area contributed by atoms with E-state index in [0.29, 0.717) is 12.8 Å². The minimum atomic E-state index is -0.154. The molecule has 4 nitrogen and oxygen atoms in total. The Kier molecular flexibility index (Phi) is 3.18. The van der Waals surface area contributed by atoms with Crippen LogP contribution in [0.4, 0.5) is 0 Å². The molecule has 1 fully saturated rings. The average molecular weight is 277 g/mol. The summed E-state index contributed by atoms with van der Waals surface area (Å²) in [7, 11) is 0. The number of benzene rings is 1. The Labute approximate surface area is 120 Å². The van der Waals surface area contributed by atoms with E-state index in [-0.39, 0.29) is 11.2 Å². The number of rotatable bonds is 3. The van der Waals surface area contributed by atoms with Gasteiger partial charge in [0.1, 0.15) is 0 Å². The van der Waals surface area contributed by atoms with Crippen molar-refractivity contribution in [1.29, 1.82) is 0 Å². The van der Waals surface area contributed by atoms with Crippen molar-refractivity contribution in [3.8, 4) is 11.5 Å². The van der Waals surface area contributed by atoms with Crippen molar-refractivity contribution in [2.45, 2.75) is 57.9 Å². The summed E-state index contributed by atoms with van der Waals surface area (Å²) in [4.78, 5) is 0. The third kappa shape index (κ3) is 2.50. The number of fused-ring (bicyclic) bond motifs is 1. The Hall–Kier alpha value is -1.26. The molecular weight excluding hydrogens is 254 g/mol. The Bertz CT molecular complexity index is 510. The maximum Gasteiger partial charge on any atom is 0.231 e. The van der Waals surface area contributed by atoms with E-state index in [1.165, 1.54) is 0 Å². The molecule has 1 atom stereocenters. The molecule has 1 saturated heterocycles. The van der Waals surface area contributed by atoms with Crippen LogP contribution >= 0.6 is 0 Å². The second-order valence-corrected chi connectivity index (χ2v) is 6.75. The fraction of sp³-hybridized carbons (Fsp3) is 0.625. The quantitative estimate of drug-likeness (QED) is 0.922. The van der Waals surface area contributed by atoms with Gasteiger partial charge in [0.05, 0.1) is 11.2 Å². The molecule has 0 bridgehead atoms. The van der Waals surface area contributed by atoms with E-state index in [1.807, 2.05) is 12.1 Å². The summed E-state index contributed by atoms with van der Waals surface area (Å²) in [5.41, 5.74) is 0.915. The molecule has 20 heavy (non-hydrogen) atoms. The van der Waals surface area contributed by atoms with Crippen LogP contribution in [0.1, 0.15) is 39.7 Å². The van der Waals surface area contributed by atoms with Crippen molar-refractivity contribution < 1.29 is 14.2 Å². The molecule has 1 N–H and O–H groups in total. The van der Waals surface area contributed by atoms with Gasteiger partial charge in [-0.15, -0.1) is 0 Å². The van der Waals surface area contributed by atoms with Crippen LogP contribution in [0.5, 0.6) is 11.5 Å². The Balaban J connectivity index is 1.70. The molecule has 3 rings (SSSR count). The zero-order valence-corrected chi connectivity index (χ0v) is 12.7. The highest BCUT2D eigenvalue weighted by Gasteiger charge is 2.45. The SMILES string of the molecule is CC1(C)CC(NCc2cccc3c2OCO3)C(C)(C)O1. The lowest BCUT2D eigenvalue weighted by molar-refractivity contribution is -0.0699. The lowest BCUT2D eigenvalue weighted by atomic mass is 9.94. The van der Waals surface area contributed by atoms with E-state index in [9.17, 15) is 0 Å². The maximum atomic E-state index is 6.11. The van der Waals surface area contributed by atoms with Crippen molar-refractivity contribution in [3.05, 3.63) is 23.8 Å². The highest BCUT2D eigenvalue weighted by Crippen LogP contribution is 2.38. The van der Waals surface area contributed by atoms with Crippen molar-refractivity contribution in [2.24, 2.45) is 0 Å². The van der Waals surface area contributed by atoms with Crippen LogP contribution in [0, 0.1) is 0 Å². The highest BCUT2D eigenvalue weighted by molar-refractivity contribution is 5.48. The summed E-state index contributed by atoms with van der Waals surface area (Å²) < 4.78 is 17.1. The van der Waals surface area contributed by atoms with Crippen molar-refractivity contribution in [3.63, 3.8) is 0 Å². The van der Waals surface area contributed by atoms with Gasteiger partial charge in [-0.1, -0.05) is 12.1 Å². The summed E-state index contributed by atoms with van der Waals surface area (Å²) >= 11 is 0. The van der Waals surface area contributed by atoms with Crippen LogP contribution in [0.2, 0.25) is 0 Å². The van der Waals surface area contributed by atoms with Gasteiger partial charge in [0.15, 0.2) is 11.5 Å². The van der Waals surface area contributed by atoms with Gasteiger partial charge in [-0.2, -0.15) is 0 Å². The lowest BCUT2D eigenvalue weighted by Crippen LogP contribution is -2.42. The van der Waals surface area contributed by atoms with Gasteiger partial charge in [0.2, 0.25) is 6.79 Å². The third-order valence-electron chi connectivity index (χ3n) is 4.09. The van der Waals surface area contributed by atoms with Gasteiger partial charge in [-0.05, 0) is 40.2 Å². The molecule has 110 valence electrons. The van der Waals surface area contributed by atoms with Gasteiger partial charge < -0.3 is 19.5 Å². The van der Waals surface area contributed by atoms with Crippen LogP contribution in [-0.2, 0) is 11.3 Å². The summed E-state index contributed by atoms with van der Waals surface area (Å²) in [5, 5.41) is 3.61. The minimum Gasteiger partial charge on any atom is -0.454 e.